The van der Waals surface area contributed by atoms with Gasteiger partial charge < -0.3 is 25.6 Å². The van der Waals surface area contributed by atoms with Gasteiger partial charge in [0.2, 0.25) is 0 Å². The lowest BCUT2D eigenvalue weighted by Crippen LogP contribution is -2.44. The lowest BCUT2D eigenvalue weighted by atomic mass is 10.00. The normalized spacial score (nSPS) is 17.0. The van der Waals surface area contributed by atoms with Crippen LogP contribution in [0.4, 0.5) is 36.3 Å². The standard InChI is InChI=1S/C25H25FN4O2S2.C20H17FN4S2/c1-14-15(6-5-9-30(14)24(31)32-25(2,3)4)21-10-16-18(7-8-27-23(16)34-21)29-19-12-20-22(11-17(19)26)33-13-28-20;1-11-12(3-2-5-22-11)18-7-13-15(4-6-23-20(13)27-18)25-16-9-17-19(8-14(16)21)26-10-24-17/h6-8,10-14H,5,9H2,1-4H3,(H,27,29);3-4,6-11,22H,2,5H2,1H3,(H,23,25). The van der Waals surface area contributed by atoms with Crippen molar-refractivity contribution in [2.24, 2.45) is 0 Å². The van der Waals surface area contributed by atoms with Crippen molar-refractivity contribution in [2.45, 2.75) is 65.1 Å². The molecule has 8 aromatic rings. The summed E-state index contributed by atoms with van der Waals surface area (Å²) in [6.07, 6.45) is 9.45. The topological polar surface area (TPSA) is 117 Å². The van der Waals surface area contributed by atoms with Crippen molar-refractivity contribution in [1.82, 2.24) is 30.2 Å². The van der Waals surface area contributed by atoms with Crippen LogP contribution in [0.3, 0.4) is 0 Å². The van der Waals surface area contributed by atoms with Gasteiger partial charge in [-0.3, -0.25) is 0 Å². The fourth-order valence-corrected chi connectivity index (χ4v) is 11.2. The minimum Gasteiger partial charge on any atom is -0.444 e. The third-order valence-corrected chi connectivity index (χ3v) is 14.3. The van der Waals surface area contributed by atoms with Gasteiger partial charge >= 0.3 is 6.09 Å². The summed E-state index contributed by atoms with van der Waals surface area (Å²) in [5.74, 6) is -0.603. The average Bonchev–Trinajstić information content (AvgIpc) is 4.05. The molecule has 0 radical (unpaired) electrons. The molecule has 6 aromatic heterocycles. The van der Waals surface area contributed by atoms with Gasteiger partial charge in [0.25, 0.3) is 0 Å². The third-order valence-electron chi connectivity index (χ3n) is 10.5. The molecule has 61 heavy (non-hydrogen) atoms. The Labute approximate surface area is 367 Å². The van der Waals surface area contributed by atoms with Crippen molar-refractivity contribution in [3.05, 3.63) is 105 Å². The number of nitrogens with one attached hydrogen (secondary N) is 3. The molecule has 10 rings (SSSR count). The van der Waals surface area contributed by atoms with E-state index in [1.54, 1.807) is 63.1 Å². The van der Waals surface area contributed by atoms with Gasteiger partial charge in [0, 0.05) is 45.5 Å². The predicted octanol–water partition coefficient (Wildman–Crippen LogP) is 12.8. The van der Waals surface area contributed by atoms with Crippen LogP contribution in [-0.4, -0.2) is 61.7 Å². The number of amides is 1. The summed E-state index contributed by atoms with van der Waals surface area (Å²) in [5.41, 5.74) is 9.27. The second-order valence-electron chi connectivity index (χ2n) is 15.9. The Hall–Kier alpha value is -5.39. The molecule has 1 amide bonds. The summed E-state index contributed by atoms with van der Waals surface area (Å²) in [7, 11) is 0. The Bertz CT molecular complexity index is 3000. The van der Waals surface area contributed by atoms with E-state index < -0.39 is 5.60 Å². The van der Waals surface area contributed by atoms with E-state index in [-0.39, 0.29) is 23.8 Å². The highest BCUT2D eigenvalue weighted by atomic mass is 32.1. The van der Waals surface area contributed by atoms with Crippen LogP contribution < -0.4 is 16.0 Å². The zero-order chi connectivity index (χ0) is 42.4. The summed E-state index contributed by atoms with van der Waals surface area (Å²) in [6, 6.07) is 14.7. The summed E-state index contributed by atoms with van der Waals surface area (Å²) >= 11 is 6.09. The number of rotatable bonds is 6. The van der Waals surface area contributed by atoms with Gasteiger partial charge in [-0.1, -0.05) is 12.2 Å². The zero-order valence-corrected chi connectivity index (χ0v) is 37.3. The van der Waals surface area contributed by atoms with Gasteiger partial charge in [-0.25, -0.2) is 33.5 Å². The number of hydrogen-bond donors (Lipinski definition) is 3. The minimum absolute atomic E-state index is 0.127. The van der Waals surface area contributed by atoms with Gasteiger partial charge in [0.15, 0.2) is 0 Å². The molecule has 0 saturated heterocycles. The van der Waals surface area contributed by atoms with E-state index in [1.807, 2.05) is 39.8 Å². The summed E-state index contributed by atoms with van der Waals surface area (Å²) in [5, 5.41) is 11.9. The molecule has 0 fully saturated rings. The van der Waals surface area contributed by atoms with Crippen LogP contribution >= 0.6 is 45.3 Å². The monoisotopic (exact) mass is 892 g/mol. The molecule has 10 nitrogen and oxygen atoms in total. The van der Waals surface area contributed by atoms with Crippen LogP contribution in [0.5, 0.6) is 0 Å². The number of aromatic nitrogens is 4. The molecule has 2 aliphatic heterocycles. The molecular formula is C45H42F2N8O2S4. The van der Waals surface area contributed by atoms with Crippen LogP contribution in [0.25, 0.3) is 52.0 Å². The second kappa shape index (κ2) is 16.8. The Morgan fingerprint density at radius 2 is 1.30 bits per heavy atom. The third kappa shape index (κ3) is 8.60. The first-order chi connectivity index (χ1) is 29.4. The van der Waals surface area contributed by atoms with Gasteiger partial charge in [0.1, 0.15) is 26.9 Å². The van der Waals surface area contributed by atoms with Crippen LogP contribution in [0.2, 0.25) is 0 Å². The number of carbonyl (C=O) groups excluding carboxylic acids is 1. The zero-order valence-electron chi connectivity index (χ0n) is 34.0. The molecule has 312 valence electrons. The van der Waals surface area contributed by atoms with Crippen molar-refractivity contribution in [3.63, 3.8) is 0 Å². The van der Waals surface area contributed by atoms with E-state index in [0.29, 0.717) is 24.0 Å². The van der Waals surface area contributed by atoms with Crippen LogP contribution in [0.15, 0.2) is 84.1 Å². The molecule has 0 saturated carbocycles. The number of carbonyl (C=O) groups is 1. The first-order valence-electron chi connectivity index (χ1n) is 19.9. The largest absolute Gasteiger partial charge is 0.444 e. The quantitative estimate of drug-likeness (QED) is 0.150. The summed E-state index contributed by atoms with van der Waals surface area (Å²) in [4.78, 5) is 36.2. The number of thiophene rings is 2. The maximum absolute atomic E-state index is 14.7. The molecule has 0 bridgehead atoms. The molecule has 2 aromatic carbocycles. The summed E-state index contributed by atoms with van der Waals surface area (Å²) < 4.78 is 36.5. The fraction of sp³-hybridized carbons (Fsp3) is 0.267. The number of fused-ring (bicyclic) bond motifs is 4. The lowest BCUT2D eigenvalue weighted by Gasteiger charge is -2.35. The Morgan fingerprint density at radius 1 is 0.754 bits per heavy atom. The van der Waals surface area contributed by atoms with Gasteiger partial charge in [-0.15, -0.1) is 45.3 Å². The van der Waals surface area contributed by atoms with E-state index >= 15 is 0 Å². The molecule has 0 aliphatic carbocycles. The van der Waals surface area contributed by atoms with E-state index in [2.05, 4.69) is 67.1 Å². The van der Waals surface area contributed by atoms with Crippen molar-refractivity contribution < 1.29 is 18.3 Å². The number of nitrogens with zero attached hydrogens (tertiary/aromatic N) is 5. The van der Waals surface area contributed by atoms with Crippen LogP contribution in [0, 0.1) is 11.6 Å². The highest BCUT2D eigenvalue weighted by Gasteiger charge is 2.31. The summed E-state index contributed by atoms with van der Waals surface area (Å²) in [6.45, 7) is 11.4. The Morgan fingerprint density at radius 3 is 1.84 bits per heavy atom. The van der Waals surface area contributed by atoms with Crippen molar-refractivity contribution in [1.29, 1.82) is 0 Å². The number of halogens is 2. The number of pyridine rings is 2. The van der Waals surface area contributed by atoms with Crippen molar-refractivity contribution >= 4 is 126 Å². The number of thiazole rings is 2. The first-order valence-corrected chi connectivity index (χ1v) is 23.3. The molecule has 2 unspecified atom stereocenters. The van der Waals surface area contributed by atoms with Crippen LogP contribution in [0.1, 0.15) is 57.2 Å². The smallest absolute Gasteiger partial charge is 0.410 e. The van der Waals surface area contributed by atoms with E-state index in [1.165, 1.54) is 45.3 Å². The maximum atomic E-state index is 14.7. The van der Waals surface area contributed by atoms with Crippen molar-refractivity contribution in [3.8, 4) is 0 Å². The average molecular weight is 893 g/mol. The van der Waals surface area contributed by atoms with Gasteiger partial charge in [0.05, 0.1) is 60.2 Å². The molecule has 2 aliphatic rings. The number of anilines is 4. The van der Waals surface area contributed by atoms with Gasteiger partial charge in [-0.2, -0.15) is 0 Å². The molecule has 2 atom stereocenters. The maximum Gasteiger partial charge on any atom is 0.410 e. The molecule has 8 heterocycles. The van der Waals surface area contributed by atoms with Gasteiger partial charge in [-0.05, 0) is 114 Å². The highest BCUT2D eigenvalue weighted by molar-refractivity contribution is 7.20. The second-order valence-corrected chi connectivity index (χ2v) is 19.7. The Balaban J connectivity index is 0.000000160. The SMILES string of the molecule is CC1C(c2cc3c(Nc4cc5ncsc5cc4F)ccnc3s2)=CCCN1C(=O)OC(C)(C)C.CC1NCCC=C1c1cc2c(Nc3cc4ncsc4cc3F)ccnc2s1. The lowest BCUT2D eigenvalue weighted by molar-refractivity contribution is 0.0214. The van der Waals surface area contributed by atoms with E-state index in [4.69, 9.17) is 4.74 Å². The van der Waals surface area contributed by atoms with E-state index in [9.17, 15) is 13.6 Å². The molecule has 16 heteroatoms. The Kier molecular flexibility index (Phi) is 11.3. The fourth-order valence-electron chi connectivity index (χ4n) is 7.52. The first kappa shape index (κ1) is 41.0. The number of hydrogen-bond acceptors (Lipinski definition) is 13. The number of ether oxygens (including phenoxy) is 1. The highest BCUT2D eigenvalue weighted by Crippen LogP contribution is 2.40. The van der Waals surface area contributed by atoms with Crippen molar-refractivity contribution in [2.75, 3.05) is 23.7 Å². The van der Waals surface area contributed by atoms with E-state index in [0.717, 1.165) is 82.1 Å². The minimum atomic E-state index is -0.545. The molecule has 3 N–H and O–H groups in total. The van der Waals surface area contributed by atoms with Crippen LogP contribution in [-0.2, 0) is 4.74 Å². The molecule has 0 spiro atoms. The number of benzene rings is 2. The predicted molar refractivity (Wildman–Crippen MR) is 250 cm³/mol. The molecular weight excluding hydrogens is 851 g/mol.